The average Bonchev–Trinajstić information content (AvgIpc) is 2.47. The Morgan fingerprint density at radius 2 is 2.18 bits per heavy atom. The lowest BCUT2D eigenvalue weighted by atomic mass is 9.96. The van der Waals surface area contributed by atoms with E-state index in [1.165, 1.54) is 6.07 Å². The van der Waals surface area contributed by atoms with Gasteiger partial charge in [0.25, 0.3) is 0 Å². The van der Waals surface area contributed by atoms with Gasteiger partial charge < -0.3 is 19.7 Å². The van der Waals surface area contributed by atoms with Crippen molar-refractivity contribution in [1.82, 2.24) is 0 Å². The minimum atomic E-state index is -0.532. The average molecular weight is 304 g/mol. The zero-order chi connectivity index (χ0) is 15.5. The molecule has 2 bridgehead atoms. The van der Waals surface area contributed by atoms with Crippen LogP contribution in [0.4, 0.5) is 0 Å². The SMILES string of the molecule is O=C1O[C@@H](CCO)C[C@H]2CC=C[C@H](Cc3cccc(O)c31)O2. The van der Waals surface area contributed by atoms with Crippen molar-refractivity contribution in [3.8, 4) is 5.75 Å². The second kappa shape index (κ2) is 6.50. The molecule has 118 valence electrons. The Bertz CT molecular complexity index is 580. The molecule has 0 aliphatic carbocycles. The molecule has 22 heavy (non-hydrogen) atoms. The van der Waals surface area contributed by atoms with Crippen LogP contribution in [0, 0.1) is 0 Å². The van der Waals surface area contributed by atoms with Crippen LogP contribution in [0.25, 0.3) is 0 Å². The maximum Gasteiger partial charge on any atom is 0.342 e. The first-order valence-electron chi connectivity index (χ1n) is 7.62. The van der Waals surface area contributed by atoms with Crippen molar-refractivity contribution < 1.29 is 24.5 Å². The lowest BCUT2D eigenvalue weighted by Gasteiger charge is -2.31. The van der Waals surface area contributed by atoms with Crippen molar-refractivity contribution in [2.45, 2.75) is 44.0 Å². The van der Waals surface area contributed by atoms with E-state index in [4.69, 9.17) is 9.47 Å². The Kier molecular flexibility index (Phi) is 4.45. The first kappa shape index (κ1) is 15.1. The minimum absolute atomic E-state index is 0.0155. The molecular formula is C17H20O5. The fourth-order valence-electron chi connectivity index (χ4n) is 3.08. The second-order valence-electron chi connectivity index (χ2n) is 5.75. The monoisotopic (exact) mass is 304 g/mol. The van der Waals surface area contributed by atoms with Crippen LogP contribution >= 0.6 is 0 Å². The number of aliphatic hydroxyl groups excluding tert-OH is 1. The van der Waals surface area contributed by atoms with Gasteiger partial charge in [0, 0.05) is 25.9 Å². The predicted octanol–water partition coefficient (Wildman–Crippen LogP) is 1.96. The van der Waals surface area contributed by atoms with Gasteiger partial charge in [0.05, 0.1) is 12.2 Å². The highest BCUT2D eigenvalue weighted by atomic mass is 16.5. The number of cyclic esters (lactones) is 1. The molecule has 1 aromatic rings. The number of carbonyl (C=O) groups excluding carboxylic acids is 1. The van der Waals surface area contributed by atoms with Gasteiger partial charge in [-0.05, 0) is 18.1 Å². The number of carbonyl (C=O) groups is 1. The van der Waals surface area contributed by atoms with E-state index >= 15 is 0 Å². The number of phenolic OH excluding ortho intramolecular Hbond substituents is 1. The summed E-state index contributed by atoms with van der Waals surface area (Å²) in [6.07, 6.45) is 5.76. The van der Waals surface area contributed by atoms with Gasteiger partial charge in [0.15, 0.2) is 0 Å². The van der Waals surface area contributed by atoms with Crippen molar-refractivity contribution >= 4 is 5.97 Å². The largest absolute Gasteiger partial charge is 0.507 e. The van der Waals surface area contributed by atoms with E-state index in [0.29, 0.717) is 24.8 Å². The van der Waals surface area contributed by atoms with Crippen LogP contribution in [0.5, 0.6) is 5.75 Å². The van der Waals surface area contributed by atoms with Crippen molar-refractivity contribution in [3.63, 3.8) is 0 Å². The first-order chi connectivity index (χ1) is 10.7. The standard InChI is InChI=1S/C17H20O5/c18-8-7-14-10-13-5-2-4-12(21-13)9-11-3-1-6-15(19)16(11)17(20)22-14/h1-4,6,12-14,18-19H,5,7-10H2/t12-,13-,14+/m1/s1. The van der Waals surface area contributed by atoms with Gasteiger partial charge in [0.2, 0.25) is 0 Å². The third kappa shape index (κ3) is 3.15. The molecule has 1 aromatic carbocycles. The van der Waals surface area contributed by atoms with E-state index < -0.39 is 12.1 Å². The van der Waals surface area contributed by atoms with E-state index in [0.717, 1.165) is 6.42 Å². The summed E-state index contributed by atoms with van der Waals surface area (Å²) in [7, 11) is 0. The molecular weight excluding hydrogens is 284 g/mol. The van der Waals surface area contributed by atoms with Crippen LogP contribution in [0.1, 0.15) is 35.2 Å². The van der Waals surface area contributed by atoms with Crippen molar-refractivity contribution in [1.29, 1.82) is 0 Å². The van der Waals surface area contributed by atoms with Crippen LogP contribution in [-0.4, -0.2) is 41.1 Å². The molecule has 5 heteroatoms. The highest BCUT2D eigenvalue weighted by Crippen LogP contribution is 2.29. The molecule has 2 aliphatic heterocycles. The number of hydrogen-bond donors (Lipinski definition) is 2. The quantitative estimate of drug-likeness (QED) is 0.645. The van der Waals surface area contributed by atoms with Crippen molar-refractivity contribution in [3.05, 3.63) is 41.5 Å². The molecule has 5 nitrogen and oxygen atoms in total. The number of hydrogen-bond acceptors (Lipinski definition) is 5. The second-order valence-corrected chi connectivity index (χ2v) is 5.75. The molecule has 0 amide bonds. The Morgan fingerprint density at radius 1 is 1.32 bits per heavy atom. The zero-order valence-electron chi connectivity index (χ0n) is 12.3. The van der Waals surface area contributed by atoms with Gasteiger partial charge in [-0.3, -0.25) is 0 Å². The molecule has 0 radical (unpaired) electrons. The van der Waals surface area contributed by atoms with E-state index in [1.54, 1.807) is 12.1 Å². The first-order valence-corrected chi connectivity index (χ1v) is 7.62. The van der Waals surface area contributed by atoms with E-state index in [2.05, 4.69) is 6.08 Å². The number of rotatable bonds is 2. The Labute approximate surface area is 129 Å². The Morgan fingerprint density at radius 3 is 3.00 bits per heavy atom. The molecule has 0 fully saturated rings. The van der Waals surface area contributed by atoms with Crippen LogP contribution in [-0.2, 0) is 15.9 Å². The Balaban J connectivity index is 1.98. The number of ether oxygens (including phenoxy) is 2. The number of fused-ring (bicyclic) bond motifs is 3. The highest BCUT2D eigenvalue weighted by molar-refractivity contribution is 5.94. The molecule has 0 saturated heterocycles. The summed E-state index contributed by atoms with van der Waals surface area (Å²) >= 11 is 0. The predicted molar refractivity (Wildman–Crippen MR) is 79.8 cm³/mol. The van der Waals surface area contributed by atoms with Gasteiger partial charge >= 0.3 is 5.97 Å². The third-order valence-electron chi connectivity index (χ3n) is 4.12. The number of aliphatic hydroxyl groups is 1. The maximum absolute atomic E-state index is 12.4. The summed E-state index contributed by atoms with van der Waals surface area (Å²) in [4.78, 5) is 12.4. The number of benzene rings is 1. The smallest absolute Gasteiger partial charge is 0.342 e. The van der Waals surface area contributed by atoms with E-state index in [9.17, 15) is 15.0 Å². The topological polar surface area (TPSA) is 76.0 Å². The van der Waals surface area contributed by atoms with Crippen molar-refractivity contribution in [2.75, 3.05) is 6.61 Å². The minimum Gasteiger partial charge on any atom is -0.507 e. The molecule has 3 atom stereocenters. The summed E-state index contributed by atoms with van der Waals surface area (Å²) in [6.45, 7) is -0.0580. The number of aromatic hydroxyl groups is 1. The third-order valence-corrected chi connectivity index (χ3v) is 4.12. The van der Waals surface area contributed by atoms with Gasteiger partial charge in [-0.25, -0.2) is 4.79 Å². The molecule has 3 rings (SSSR count). The molecule has 2 N–H and O–H groups in total. The fraction of sp³-hybridized carbons (Fsp3) is 0.471. The lowest BCUT2D eigenvalue weighted by Crippen LogP contribution is -2.33. The highest BCUT2D eigenvalue weighted by Gasteiger charge is 2.29. The fourth-order valence-corrected chi connectivity index (χ4v) is 3.08. The summed E-state index contributed by atoms with van der Waals surface area (Å²) in [5, 5.41) is 19.2. The number of esters is 1. The number of phenols is 1. The van der Waals surface area contributed by atoms with Crippen LogP contribution in [0.3, 0.4) is 0 Å². The van der Waals surface area contributed by atoms with Gasteiger partial charge in [0.1, 0.15) is 17.4 Å². The molecule has 0 aromatic heterocycles. The lowest BCUT2D eigenvalue weighted by molar-refractivity contribution is -0.0370. The van der Waals surface area contributed by atoms with Crippen LogP contribution in [0.15, 0.2) is 30.4 Å². The maximum atomic E-state index is 12.4. The van der Waals surface area contributed by atoms with E-state index in [-0.39, 0.29) is 30.1 Å². The van der Waals surface area contributed by atoms with Crippen molar-refractivity contribution in [2.24, 2.45) is 0 Å². The summed E-state index contributed by atoms with van der Waals surface area (Å²) < 4.78 is 11.5. The van der Waals surface area contributed by atoms with Gasteiger partial charge in [-0.2, -0.15) is 0 Å². The summed E-state index contributed by atoms with van der Waals surface area (Å²) in [5.74, 6) is -0.613. The van der Waals surface area contributed by atoms with Crippen LogP contribution < -0.4 is 0 Å². The van der Waals surface area contributed by atoms with Crippen LogP contribution in [0.2, 0.25) is 0 Å². The molecule has 2 heterocycles. The van der Waals surface area contributed by atoms with Gasteiger partial charge in [-0.1, -0.05) is 24.3 Å². The Hall–Kier alpha value is -1.85. The summed E-state index contributed by atoms with van der Waals surface area (Å²) in [5.41, 5.74) is 0.913. The zero-order valence-corrected chi connectivity index (χ0v) is 12.3. The molecule has 0 spiro atoms. The molecule has 0 saturated carbocycles. The summed E-state index contributed by atoms with van der Waals surface area (Å²) in [6, 6.07) is 5.00. The molecule has 0 unspecified atom stereocenters. The normalized spacial score (nSPS) is 27.9. The van der Waals surface area contributed by atoms with E-state index in [1.807, 2.05) is 6.08 Å². The van der Waals surface area contributed by atoms with Gasteiger partial charge in [-0.15, -0.1) is 0 Å². The molecule has 2 aliphatic rings.